The monoisotopic (exact) mass is 493 g/mol. The summed E-state index contributed by atoms with van der Waals surface area (Å²) in [7, 11) is 0. The topological polar surface area (TPSA) is 146 Å². The molecule has 10 heteroatoms. The van der Waals surface area contributed by atoms with Gasteiger partial charge in [-0.05, 0) is 60.0 Å². The Hall–Kier alpha value is -4.12. The lowest BCUT2D eigenvalue weighted by molar-refractivity contribution is -0.130. The van der Waals surface area contributed by atoms with E-state index in [1.54, 1.807) is 54.6 Å². The van der Waals surface area contributed by atoms with E-state index in [1.165, 1.54) is 11.5 Å². The number of nitrogens with two attached hydrogens (primary N) is 1. The van der Waals surface area contributed by atoms with E-state index in [-0.39, 0.29) is 24.8 Å². The number of amides is 3. The van der Waals surface area contributed by atoms with Crippen LogP contribution in [0, 0.1) is 5.82 Å². The molecule has 188 valence electrons. The van der Waals surface area contributed by atoms with Crippen LogP contribution in [-0.4, -0.2) is 48.6 Å². The van der Waals surface area contributed by atoms with Crippen molar-refractivity contribution in [2.24, 2.45) is 5.73 Å². The number of halogens is 1. The highest BCUT2D eigenvalue weighted by Gasteiger charge is 2.19. The van der Waals surface area contributed by atoms with Crippen LogP contribution in [0.25, 0.3) is 11.1 Å². The molecule has 3 aromatic rings. The minimum absolute atomic E-state index is 0.102. The number of hydrogen-bond donors (Lipinski definition) is 6. The number of hydroxylamine groups is 1. The van der Waals surface area contributed by atoms with E-state index in [9.17, 15) is 18.8 Å². The summed E-state index contributed by atoms with van der Waals surface area (Å²) in [4.78, 5) is 36.0. The van der Waals surface area contributed by atoms with E-state index >= 15 is 0 Å². The second-order valence-electron chi connectivity index (χ2n) is 7.96. The van der Waals surface area contributed by atoms with Gasteiger partial charge in [-0.1, -0.05) is 42.5 Å². The highest BCUT2D eigenvalue weighted by atomic mass is 19.1. The van der Waals surface area contributed by atoms with Crippen LogP contribution < -0.4 is 27.2 Å². The molecule has 0 spiro atoms. The molecule has 3 aromatic carbocycles. The minimum Gasteiger partial charge on any atom is -0.339 e. The zero-order valence-electron chi connectivity index (χ0n) is 19.5. The highest BCUT2D eigenvalue weighted by Crippen LogP contribution is 2.22. The van der Waals surface area contributed by atoms with Gasteiger partial charge in [-0.15, -0.1) is 0 Å². The second-order valence-corrected chi connectivity index (χ2v) is 7.96. The number of carbonyl (C=O) groups excluding carboxylic acids is 3. The van der Waals surface area contributed by atoms with Crippen molar-refractivity contribution >= 4 is 23.4 Å². The molecule has 3 rings (SSSR count). The molecule has 36 heavy (non-hydrogen) atoms. The van der Waals surface area contributed by atoms with E-state index in [4.69, 9.17) is 10.9 Å². The summed E-state index contributed by atoms with van der Waals surface area (Å²) in [5.41, 5.74) is 10.2. The molecule has 0 bridgehead atoms. The Morgan fingerprint density at radius 1 is 0.917 bits per heavy atom. The number of anilines is 1. The molecule has 0 aliphatic heterocycles. The predicted molar refractivity (Wildman–Crippen MR) is 134 cm³/mol. The molecule has 0 heterocycles. The van der Waals surface area contributed by atoms with Gasteiger partial charge in [0.1, 0.15) is 11.9 Å². The summed E-state index contributed by atoms with van der Waals surface area (Å²) < 4.78 is 13.6. The first kappa shape index (κ1) is 26.5. The van der Waals surface area contributed by atoms with E-state index in [1.807, 2.05) is 12.1 Å². The Morgan fingerprint density at radius 3 is 2.17 bits per heavy atom. The SMILES string of the molecule is NC[C@H](NC(=O)c1ccc(-c2ccc(NC(=O)CNCCc3ccccc3F)cc2)cc1)C(=O)NO. The molecule has 0 fully saturated rings. The summed E-state index contributed by atoms with van der Waals surface area (Å²) in [5, 5.41) is 17.0. The van der Waals surface area contributed by atoms with Gasteiger partial charge >= 0.3 is 0 Å². The van der Waals surface area contributed by atoms with Crippen LogP contribution >= 0.6 is 0 Å². The van der Waals surface area contributed by atoms with Crippen molar-refractivity contribution in [2.45, 2.75) is 12.5 Å². The van der Waals surface area contributed by atoms with E-state index < -0.39 is 17.9 Å². The molecule has 0 radical (unpaired) electrons. The molecule has 9 nitrogen and oxygen atoms in total. The summed E-state index contributed by atoms with van der Waals surface area (Å²) in [6, 6.07) is 19.4. The van der Waals surface area contributed by atoms with Gasteiger partial charge in [0.2, 0.25) is 5.91 Å². The van der Waals surface area contributed by atoms with Crippen molar-refractivity contribution in [3.8, 4) is 11.1 Å². The van der Waals surface area contributed by atoms with Gasteiger partial charge < -0.3 is 21.7 Å². The third-order valence-corrected chi connectivity index (χ3v) is 5.43. The van der Waals surface area contributed by atoms with Crippen molar-refractivity contribution in [1.29, 1.82) is 0 Å². The Labute approximate surface area is 207 Å². The lowest BCUT2D eigenvalue weighted by atomic mass is 10.0. The molecule has 0 saturated heterocycles. The normalized spacial score (nSPS) is 11.4. The maximum atomic E-state index is 13.6. The Morgan fingerprint density at radius 2 is 1.56 bits per heavy atom. The van der Waals surface area contributed by atoms with Gasteiger partial charge in [-0.3, -0.25) is 19.6 Å². The van der Waals surface area contributed by atoms with Crippen LogP contribution in [-0.2, 0) is 16.0 Å². The summed E-state index contributed by atoms with van der Waals surface area (Å²) in [6.07, 6.45) is 0.487. The maximum Gasteiger partial charge on any atom is 0.267 e. The first-order chi connectivity index (χ1) is 17.4. The van der Waals surface area contributed by atoms with Crippen LogP contribution in [0.2, 0.25) is 0 Å². The molecule has 0 aliphatic rings. The number of carbonyl (C=O) groups is 3. The Bertz CT molecular complexity index is 1190. The van der Waals surface area contributed by atoms with Crippen molar-refractivity contribution in [1.82, 2.24) is 16.1 Å². The third kappa shape index (κ3) is 7.44. The number of rotatable bonds is 11. The fraction of sp³-hybridized carbons (Fsp3) is 0.192. The Kier molecular flexibility index (Phi) is 9.64. The van der Waals surface area contributed by atoms with Crippen LogP contribution in [0.15, 0.2) is 72.8 Å². The lowest BCUT2D eigenvalue weighted by Gasteiger charge is -2.14. The van der Waals surface area contributed by atoms with E-state index in [0.29, 0.717) is 29.8 Å². The van der Waals surface area contributed by atoms with Gasteiger partial charge in [0.05, 0.1) is 6.54 Å². The van der Waals surface area contributed by atoms with Gasteiger partial charge in [0.25, 0.3) is 11.8 Å². The van der Waals surface area contributed by atoms with Crippen molar-refractivity contribution in [2.75, 3.05) is 25.0 Å². The number of nitrogens with one attached hydrogen (secondary N) is 4. The van der Waals surface area contributed by atoms with E-state index in [0.717, 1.165) is 11.1 Å². The van der Waals surface area contributed by atoms with Gasteiger partial charge in [0.15, 0.2) is 0 Å². The first-order valence-electron chi connectivity index (χ1n) is 11.3. The van der Waals surface area contributed by atoms with Gasteiger partial charge in [0, 0.05) is 17.8 Å². The Balaban J connectivity index is 1.48. The molecule has 3 amide bonds. The molecular formula is C26H28FN5O4. The maximum absolute atomic E-state index is 13.6. The summed E-state index contributed by atoms with van der Waals surface area (Å²) >= 11 is 0. The first-order valence-corrected chi connectivity index (χ1v) is 11.3. The second kappa shape index (κ2) is 13.1. The van der Waals surface area contributed by atoms with Crippen molar-refractivity contribution < 1.29 is 24.0 Å². The molecular weight excluding hydrogens is 465 g/mol. The molecule has 0 saturated carbocycles. The summed E-state index contributed by atoms with van der Waals surface area (Å²) in [6.45, 7) is 0.413. The van der Waals surface area contributed by atoms with Crippen LogP contribution in [0.3, 0.4) is 0 Å². The fourth-order valence-corrected chi connectivity index (χ4v) is 3.44. The largest absolute Gasteiger partial charge is 0.339 e. The van der Waals surface area contributed by atoms with Crippen molar-refractivity contribution in [3.05, 3.63) is 89.7 Å². The molecule has 0 aliphatic carbocycles. The average molecular weight is 494 g/mol. The molecule has 0 unspecified atom stereocenters. The lowest BCUT2D eigenvalue weighted by Crippen LogP contribution is -2.50. The zero-order chi connectivity index (χ0) is 25.9. The smallest absolute Gasteiger partial charge is 0.267 e. The summed E-state index contributed by atoms with van der Waals surface area (Å²) in [5.74, 6) is -1.76. The van der Waals surface area contributed by atoms with Crippen LogP contribution in [0.1, 0.15) is 15.9 Å². The third-order valence-electron chi connectivity index (χ3n) is 5.43. The molecule has 1 atom stereocenters. The fourth-order valence-electron chi connectivity index (χ4n) is 3.44. The quantitative estimate of drug-likeness (QED) is 0.137. The number of hydrogen-bond acceptors (Lipinski definition) is 6. The minimum atomic E-state index is -1.05. The highest BCUT2D eigenvalue weighted by molar-refractivity contribution is 5.98. The van der Waals surface area contributed by atoms with Crippen molar-refractivity contribution in [3.63, 3.8) is 0 Å². The standard InChI is InChI=1S/C26H28FN5O4/c27-22-4-2-1-3-19(22)13-14-29-16-24(33)30-21-11-9-18(10-12-21)17-5-7-20(8-6-17)25(34)31-23(15-28)26(35)32-36/h1-12,23,29,36H,13-16,28H2,(H,30,33)(H,31,34)(H,32,35)/t23-/m0/s1. The zero-order valence-corrected chi connectivity index (χ0v) is 19.5. The van der Waals surface area contributed by atoms with Gasteiger partial charge in [-0.25, -0.2) is 9.87 Å². The molecule has 0 aromatic heterocycles. The van der Waals surface area contributed by atoms with Crippen LogP contribution in [0.4, 0.5) is 10.1 Å². The predicted octanol–water partition coefficient (Wildman–Crippen LogP) is 1.83. The number of benzene rings is 3. The van der Waals surface area contributed by atoms with Gasteiger partial charge in [-0.2, -0.15) is 0 Å². The average Bonchev–Trinajstić information content (AvgIpc) is 2.90. The van der Waals surface area contributed by atoms with Crippen LogP contribution in [0.5, 0.6) is 0 Å². The van der Waals surface area contributed by atoms with E-state index in [2.05, 4.69) is 16.0 Å². The molecule has 7 N–H and O–H groups in total.